The highest BCUT2D eigenvalue weighted by Crippen LogP contribution is 2.37. The molecule has 3 heteroatoms. The van der Waals surface area contributed by atoms with Gasteiger partial charge in [-0.2, -0.15) is 0 Å². The molecule has 2 aliphatic heterocycles. The molecule has 0 spiro atoms. The Morgan fingerprint density at radius 2 is 2.12 bits per heavy atom. The van der Waals surface area contributed by atoms with Gasteiger partial charge >= 0.3 is 0 Å². The first-order valence-corrected chi connectivity index (χ1v) is 5.85. The number of aryl methyl sites for hydroxylation is 1. The number of hydrogen-bond acceptors (Lipinski definition) is 2. The zero-order chi connectivity index (χ0) is 10.4. The fraction of sp³-hybridized carbons (Fsp3) is 0.538. The van der Waals surface area contributed by atoms with Gasteiger partial charge in [-0.25, -0.2) is 0 Å². The molecule has 3 rings (SSSR count). The Morgan fingerprint density at radius 3 is 2.94 bits per heavy atom. The van der Waals surface area contributed by atoms with Crippen molar-refractivity contribution in [2.24, 2.45) is 0 Å². The van der Waals surface area contributed by atoms with Gasteiger partial charge in [0, 0.05) is 30.9 Å². The largest absolute Gasteiger partial charge is 0.363 e. The molecule has 88 valence electrons. The number of para-hydroxylation sites is 1. The molecule has 1 aromatic carbocycles. The zero-order valence-corrected chi connectivity index (χ0v) is 10.7. The Labute approximate surface area is 103 Å². The summed E-state index contributed by atoms with van der Waals surface area (Å²) >= 11 is 0. The molecule has 1 fully saturated rings. The molecule has 0 saturated carbocycles. The van der Waals surface area contributed by atoms with Gasteiger partial charge < -0.3 is 10.2 Å². The van der Waals surface area contributed by atoms with Crippen LogP contribution in [-0.2, 0) is 6.42 Å². The number of benzene rings is 1. The van der Waals surface area contributed by atoms with E-state index in [0.29, 0.717) is 12.1 Å². The predicted octanol–water partition coefficient (Wildman–Crippen LogP) is 2.14. The van der Waals surface area contributed by atoms with Gasteiger partial charge in [-0.15, -0.1) is 12.4 Å². The van der Waals surface area contributed by atoms with E-state index in [1.807, 2.05) is 0 Å². The Morgan fingerprint density at radius 1 is 1.31 bits per heavy atom. The van der Waals surface area contributed by atoms with E-state index < -0.39 is 0 Å². The standard InChI is InChI=1S/C13H18N2.ClH/c1-9-4-3-5-11-6-12-8-14-7-10(2)15(12)13(9)11;/h3-5,10,12,14H,6-8H2,1-2H3;1H/t10?,12-;/m0./s1. The lowest BCUT2D eigenvalue weighted by Crippen LogP contribution is -2.55. The van der Waals surface area contributed by atoms with Gasteiger partial charge in [0.25, 0.3) is 0 Å². The highest BCUT2D eigenvalue weighted by Gasteiger charge is 2.35. The van der Waals surface area contributed by atoms with E-state index in [4.69, 9.17) is 0 Å². The molecule has 1 saturated heterocycles. The van der Waals surface area contributed by atoms with Crippen LogP contribution in [0.4, 0.5) is 5.69 Å². The molecule has 0 amide bonds. The minimum Gasteiger partial charge on any atom is -0.363 e. The van der Waals surface area contributed by atoms with Crippen molar-refractivity contribution in [2.45, 2.75) is 32.4 Å². The van der Waals surface area contributed by atoms with Crippen molar-refractivity contribution in [1.29, 1.82) is 0 Å². The molecule has 16 heavy (non-hydrogen) atoms. The van der Waals surface area contributed by atoms with Crippen molar-refractivity contribution in [1.82, 2.24) is 5.32 Å². The van der Waals surface area contributed by atoms with Crippen molar-refractivity contribution >= 4 is 18.1 Å². The van der Waals surface area contributed by atoms with Gasteiger partial charge in [0.2, 0.25) is 0 Å². The predicted molar refractivity (Wildman–Crippen MR) is 70.7 cm³/mol. The van der Waals surface area contributed by atoms with Crippen LogP contribution in [0.15, 0.2) is 18.2 Å². The zero-order valence-electron chi connectivity index (χ0n) is 9.86. The summed E-state index contributed by atoms with van der Waals surface area (Å²) in [5.74, 6) is 0. The maximum absolute atomic E-state index is 3.52. The third kappa shape index (κ3) is 1.61. The van der Waals surface area contributed by atoms with Crippen LogP contribution in [0.2, 0.25) is 0 Å². The summed E-state index contributed by atoms with van der Waals surface area (Å²) in [7, 11) is 0. The summed E-state index contributed by atoms with van der Waals surface area (Å²) in [6.45, 7) is 6.80. The van der Waals surface area contributed by atoms with Gasteiger partial charge in [-0.1, -0.05) is 18.2 Å². The monoisotopic (exact) mass is 238 g/mol. The van der Waals surface area contributed by atoms with Gasteiger partial charge in [0.05, 0.1) is 0 Å². The molecule has 2 nitrogen and oxygen atoms in total. The number of piperazine rings is 1. The van der Waals surface area contributed by atoms with Gasteiger partial charge in [0.15, 0.2) is 0 Å². The highest BCUT2D eigenvalue weighted by molar-refractivity contribution is 5.85. The van der Waals surface area contributed by atoms with E-state index in [9.17, 15) is 0 Å². The van der Waals surface area contributed by atoms with Crippen LogP contribution in [0, 0.1) is 6.92 Å². The number of nitrogens with one attached hydrogen (secondary N) is 1. The normalized spacial score (nSPS) is 27.0. The highest BCUT2D eigenvalue weighted by atomic mass is 35.5. The van der Waals surface area contributed by atoms with Gasteiger partial charge in [-0.3, -0.25) is 0 Å². The molecule has 0 bridgehead atoms. The quantitative estimate of drug-likeness (QED) is 0.745. The topological polar surface area (TPSA) is 15.3 Å². The smallest absolute Gasteiger partial charge is 0.0459 e. The first-order chi connectivity index (χ1) is 7.27. The fourth-order valence-electron chi connectivity index (χ4n) is 3.10. The van der Waals surface area contributed by atoms with Crippen LogP contribution >= 0.6 is 12.4 Å². The first kappa shape index (κ1) is 11.7. The van der Waals surface area contributed by atoms with E-state index >= 15 is 0 Å². The minimum atomic E-state index is 0. The third-order valence-corrected chi connectivity index (χ3v) is 3.72. The molecule has 0 aliphatic carbocycles. The van der Waals surface area contributed by atoms with E-state index in [-0.39, 0.29) is 12.4 Å². The first-order valence-electron chi connectivity index (χ1n) is 5.85. The number of nitrogens with zero attached hydrogens (tertiary/aromatic N) is 1. The lowest BCUT2D eigenvalue weighted by Gasteiger charge is -2.39. The summed E-state index contributed by atoms with van der Waals surface area (Å²) in [5, 5.41) is 3.52. The number of rotatable bonds is 0. The van der Waals surface area contributed by atoms with E-state index in [0.717, 1.165) is 13.1 Å². The lowest BCUT2D eigenvalue weighted by molar-refractivity contribution is 0.429. The summed E-state index contributed by atoms with van der Waals surface area (Å²) in [6.07, 6.45) is 1.22. The van der Waals surface area contributed by atoms with Crippen molar-refractivity contribution < 1.29 is 0 Å². The van der Waals surface area contributed by atoms with Gasteiger partial charge in [0.1, 0.15) is 0 Å². The second kappa shape index (κ2) is 4.27. The molecule has 1 N–H and O–H groups in total. The molecule has 2 atom stereocenters. The van der Waals surface area contributed by atoms with Crippen LogP contribution in [0.25, 0.3) is 0 Å². The average Bonchev–Trinajstić information content (AvgIpc) is 2.58. The Bertz CT molecular complexity index is 392. The number of anilines is 1. The second-order valence-corrected chi connectivity index (χ2v) is 4.86. The lowest BCUT2D eigenvalue weighted by atomic mass is 10.1. The minimum absolute atomic E-state index is 0. The molecule has 2 heterocycles. The number of hydrogen-bond donors (Lipinski definition) is 1. The summed E-state index contributed by atoms with van der Waals surface area (Å²) < 4.78 is 0. The second-order valence-electron chi connectivity index (χ2n) is 4.86. The van der Waals surface area contributed by atoms with Crippen molar-refractivity contribution in [3.63, 3.8) is 0 Å². The maximum atomic E-state index is 3.52. The number of halogens is 1. The van der Waals surface area contributed by atoms with Crippen LogP contribution < -0.4 is 10.2 Å². The summed E-state index contributed by atoms with van der Waals surface area (Å²) in [6, 6.07) is 8.02. The fourth-order valence-corrected chi connectivity index (χ4v) is 3.10. The van der Waals surface area contributed by atoms with Crippen molar-refractivity contribution in [3.05, 3.63) is 29.3 Å². The van der Waals surface area contributed by atoms with Crippen LogP contribution in [-0.4, -0.2) is 25.2 Å². The molecule has 0 radical (unpaired) electrons. The van der Waals surface area contributed by atoms with E-state index in [1.165, 1.54) is 23.2 Å². The summed E-state index contributed by atoms with van der Waals surface area (Å²) in [4.78, 5) is 2.63. The summed E-state index contributed by atoms with van der Waals surface area (Å²) in [5.41, 5.74) is 4.48. The van der Waals surface area contributed by atoms with Crippen LogP contribution in [0.3, 0.4) is 0 Å². The van der Waals surface area contributed by atoms with E-state index in [1.54, 1.807) is 0 Å². The Hall–Kier alpha value is -0.730. The molecular formula is C13H19ClN2. The van der Waals surface area contributed by atoms with Crippen molar-refractivity contribution in [3.8, 4) is 0 Å². The molecule has 1 unspecified atom stereocenters. The van der Waals surface area contributed by atoms with E-state index in [2.05, 4.69) is 42.3 Å². The molecule has 0 aromatic heterocycles. The number of fused-ring (bicyclic) bond motifs is 3. The Kier molecular flexibility index (Phi) is 3.13. The third-order valence-electron chi connectivity index (χ3n) is 3.72. The van der Waals surface area contributed by atoms with Crippen molar-refractivity contribution in [2.75, 3.05) is 18.0 Å². The Balaban J connectivity index is 0.000000963. The molecular weight excluding hydrogens is 220 g/mol. The average molecular weight is 239 g/mol. The van der Waals surface area contributed by atoms with Gasteiger partial charge in [-0.05, 0) is 31.4 Å². The maximum Gasteiger partial charge on any atom is 0.0459 e. The SMILES string of the molecule is Cc1cccc2c1N1C(C)CNC[C@@H]1C2.Cl. The molecule has 1 aromatic rings. The molecule has 2 aliphatic rings. The van der Waals surface area contributed by atoms with Crippen LogP contribution in [0.1, 0.15) is 18.1 Å². The van der Waals surface area contributed by atoms with Crippen LogP contribution in [0.5, 0.6) is 0 Å².